The molecule has 16 heavy (non-hydrogen) atoms. The van der Waals surface area contributed by atoms with E-state index < -0.39 is 0 Å². The van der Waals surface area contributed by atoms with Crippen molar-refractivity contribution < 1.29 is 9.13 Å². The maximum absolute atomic E-state index is 13.7. The van der Waals surface area contributed by atoms with E-state index in [9.17, 15) is 4.39 Å². The molecule has 0 radical (unpaired) electrons. The number of ether oxygens (including phenoxy) is 1. The number of halogens is 1. The zero-order chi connectivity index (χ0) is 11.5. The van der Waals surface area contributed by atoms with Crippen LogP contribution < -0.4 is 9.64 Å². The minimum absolute atomic E-state index is 0.187. The highest BCUT2D eigenvalue weighted by atomic mass is 19.1. The first kappa shape index (κ1) is 11.0. The van der Waals surface area contributed by atoms with Gasteiger partial charge in [-0.3, -0.25) is 0 Å². The molecule has 1 aliphatic heterocycles. The summed E-state index contributed by atoms with van der Waals surface area (Å²) in [6.45, 7) is 5.63. The predicted molar refractivity (Wildman–Crippen MR) is 63.5 cm³/mol. The van der Waals surface area contributed by atoms with E-state index in [4.69, 9.17) is 4.74 Å². The van der Waals surface area contributed by atoms with Gasteiger partial charge in [-0.05, 0) is 25.0 Å². The standard InChI is InChI=1S/C13H16FNO/c1-10-5-7-15(8-6-10)13-9-11(16-2)3-4-12(13)14/h3-4,9H,1,5-8H2,2H3. The molecule has 1 fully saturated rings. The van der Waals surface area contributed by atoms with Gasteiger partial charge in [-0.1, -0.05) is 12.2 Å². The number of piperidine rings is 1. The van der Waals surface area contributed by atoms with Gasteiger partial charge < -0.3 is 9.64 Å². The average Bonchev–Trinajstić information content (AvgIpc) is 2.31. The molecular weight excluding hydrogens is 205 g/mol. The summed E-state index contributed by atoms with van der Waals surface area (Å²) in [4.78, 5) is 2.05. The van der Waals surface area contributed by atoms with Gasteiger partial charge in [0.15, 0.2) is 0 Å². The van der Waals surface area contributed by atoms with Crippen molar-refractivity contribution in [1.29, 1.82) is 0 Å². The first-order valence-electron chi connectivity index (χ1n) is 5.46. The van der Waals surface area contributed by atoms with Crippen molar-refractivity contribution >= 4 is 5.69 Å². The van der Waals surface area contributed by atoms with Crippen LogP contribution in [0.3, 0.4) is 0 Å². The van der Waals surface area contributed by atoms with E-state index >= 15 is 0 Å². The summed E-state index contributed by atoms with van der Waals surface area (Å²) in [5, 5.41) is 0. The van der Waals surface area contributed by atoms with Crippen LogP contribution in [0.1, 0.15) is 12.8 Å². The van der Waals surface area contributed by atoms with Crippen molar-refractivity contribution in [3.05, 3.63) is 36.2 Å². The van der Waals surface area contributed by atoms with Crippen molar-refractivity contribution in [2.45, 2.75) is 12.8 Å². The third kappa shape index (κ3) is 2.18. The van der Waals surface area contributed by atoms with Crippen LogP contribution in [0.4, 0.5) is 10.1 Å². The quantitative estimate of drug-likeness (QED) is 0.712. The molecule has 2 rings (SSSR count). The minimum atomic E-state index is -0.187. The van der Waals surface area contributed by atoms with E-state index in [1.807, 2.05) is 4.90 Å². The summed E-state index contributed by atoms with van der Waals surface area (Å²) in [6.07, 6.45) is 1.88. The summed E-state index contributed by atoms with van der Waals surface area (Å²) in [5.41, 5.74) is 1.88. The second-order valence-electron chi connectivity index (χ2n) is 4.05. The molecule has 1 aromatic rings. The summed E-state index contributed by atoms with van der Waals surface area (Å²) < 4.78 is 18.8. The molecular formula is C13H16FNO. The number of benzene rings is 1. The zero-order valence-electron chi connectivity index (χ0n) is 9.50. The molecule has 1 aliphatic rings. The summed E-state index contributed by atoms with van der Waals surface area (Å²) >= 11 is 0. The Kier molecular flexibility index (Phi) is 3.13. The molecule has 0 bridgehead atoms. The van der Waals surface area contributed by atoms with Gasteiger partial charge in [0, 0.05) is 19.2 Å². The molecule has 86 valence electrons. The second kappa shape index (κ2) is 4.56. The average molecular weight is 221 g/mol. The molecule has 0 spiro atoms. The topological polar surface area (TPSA) is 12.5 Å². The highest BCUT2D eigenvalue weighted by Crippen LogP contribution is 2.28. The molecule has 2 nitrogen and oxygen atoms in total. The molecule has 3 heteroatoms. The Morgan fingerprint density at radius 3 is 2.62 bits per heavy atom. The molecule has 0 N–H and O–H groups in total. The Morgan fingerprint density at radius 2 is 2.00 bits per heavy atom. The predicted octanol–water partition coefficient (Wildman–Crippen LogP) is 2.99. The summed E-state index contributed by atoms with van der Waals surface area (Å²) in [6, 6.07) is 4.85. The van der Waals surface area contributed by atoms with Gasteiger partial charge in [0.25, 0.3) is 0 Å². The van der Waals surface area contributed by atoms with Crippen LogP contribution in [-0.4, -0.2) is 20.2 Å². The lowest BCUT2D eigenvalue weighted by Crippen LogP contribution is -2.31. The van der Waals surface area contributed by atoms with E-state index in [1.54, 1.807) is 19.2 Å². The Hall–Kier alpha value is -1.51. The maximum Gasteiger partial charge on any atom is 0.146 e. The van der Waals surface area contributed by atoms with Gasteiger partial charge in [-0.2, -0.15) is 0 Å². The lowest BCUT2D eigenvalue weighted by Gasteiger charge is -2.30. The number of rotatable bonds is 2. The van der Waals surface area contributed by atoms with Gasteiger partial charge in [-0.15, -0.1) is 0 Å². The van der Waals surface area contributed by atoms with Crippen LogP contribution in [0.5, 0.6) is 5.75 Å². The first-order valence-corrected chi connectivity index (χ1v) is 5.46. The molecule has 0 saturated carbocycles. The van der Waals surface area contributed by atoms with E-state index in [-0.39, 0.29) is 5.82 Å². The fourth-order valence-corrected chi connectivity index (χ4v) is 1.93. The summed E-state index contributed by atoms with van der Waals surface area (Å²) in [7, 11) is 1.59. The van der Waals surface area contributed by atoms with Crippen molar-refractivity contribution in [3.63, 3.8) is 0 Å². The fourth-order valence-electron chi connectivity index (χ4n) is 1.93. The van der Waals surface area contributed by atoms with Crippen LogP contribution in [0.25, 0.3) is 0 Å². The highest BCUT2D eigenvalue weighted by Gasteiger charge is 2.16. The van der Waals surface area contributed by atoms with Gasteiger partial charge in [0.2, 0.25) is 0 Å². The van der Waals surface area contributed by atoms with Crippen molar-refractivity contribution in [2.75, 3.05) is 25.1 Å². The molecule has 1 heterocycles. The van der Waals surface area contributed by atoms with Gasteiger partial charge in [0.05, 0.1) is 12.8 Å². The number of hydrogen-bond donors (Lipinski definition) is 0. The molecule has 1 saturated heterocycles. The minimum Gasteiger partial charge on any atom is -0.497 e. The fraction of sp³-hybridized carbons (Fsp3) is 0.385. The third-order valence-electron chi connectivity index (χ3n) is 2.96. The highest BCUT2D eigenvalue weighted by molar-refractivity contribution is 5.52. The lowest BCUT2D eigenvalue weighted by atomic mass is 10.1. The Morgan fingerprint density at radius 1 is 1.31 bits per heavy atom. The van der Waals surface area contributed by atoms with Crippen molar-refractivity contribution in [3.8, 4) is 5.75 Å². The third-order valence-corrected chi connectivity index (χ3v) is 2.96. The van der Waals surface area contributed by atoms with Crippen molar-refractivity contribution in [1.82, 2.24) is 0 Å². The Balaban J connectivity index is 2.22. The van der Waals surface area contributed by atoms with E-state index in [0.29, 0.717) is 11.4 Å². The number of anilines is 1. The maximum atomic E-state index is 13.7. The zero-order valence-corrected chi connectivity index (χ0v) is 9.50. The van der Waals surface area contributed by atoms with Crippen molar-refractivity contribution in [2.24, 2.45) is 0 Å². The molecule has 0 unspecified atom stereocenters. The smallest absolute Gasteiger partial charge is 0.146 e. The van der Waals surface area contributed by atoms with Crippen LogP contribution in [0.2, 0.25) is 0 Å². The first-order chi connectivity index (χ1) is 7.70. The van der Waals surface area contributed by atoms with Gasteiger partial charge in [-0.25, -0.2) is 4.39 Å². The molecule has 0 amide bonds. The normalized spacial score (nSPS) is 16.4. The largest absolute Gasteiger partial charge is 0.497 e. The number of methoxy groups -OCH3 is 1. The van der Waals surface area contributed by atoms with E-state index in [2.05, 4.69) is 6.58 Å². The van der Waals surface area contributed by atoms with Gasteiger partial charge >= 0.3 is 0 Å². The molecule has 1 aromatic carbocycles. The lowest BCUT2D eigenvalue weighted by molar-refractivity contribution is 0.413. The van der Waals surface area contributed by atoms with Crippen LogP contribution in [0, 0.1) is 5.82 Å². The summed E-state index contributed by atoms with van der Waals surface area (Å²) in [5.74, 6) is 0.508. The van der Waals surface area contributed by atoms with E-state index in [1.165, 1.54) is 11.6 Å². The molecule has 0 aliphatic carbocycles. The van der Waals surface area contributed by atoms with Crippen LogP contribution in [-0.2, 0) is 0 Å². The van der Waals surface area contributed by atoms with E-state index in [0.717, 1.165) is 25.9 Å². The number of hydrogen-bond acceptors (Lipinski definition) is 2. The Bertz CT molecular complexity index is 393. The monoisotopic (exact) mass is 221 g/mol. The molecule has 0 atom stereocenters. The van der Waals surface area contributed by atoms with Crippen LogP contribution in [0.15, 0.2) is 30.4 Å². The number of nitrogens with zero attached hydrogens (tertiary/aromatic N) is 1. The molecule has 0 aromatic heterocycles. The van der Waals surface area contributed by atoms with Crippen LogP contribution >= 0.6 is 0 Å². The Labute approximate surface area is 95.3 Å². The SMILES string of the molecule is C=C1CCN(c2cc(OC)ccc2F)CC1. The van der Waals surface area contributed by atoms with Gasteiger partial charge in [0.1, 0.15) is 11.6 Å². The second-order valence-corrected chi connectivity index (χ2v) is 4.05.